The Kier molecular flexibility index (Phi) is 9.31. The van der Waals surface area contributed by atoms with E-state index in [0.717, 1.165) is 11.3 Å². The average Bonchev–Trinajstić information content (AvgIpc) is 2.55. The molecule has 0 aliphatic rings. The van der Waals surface area contributed by atoms with Crippen molar-refractivity contribution < 1.29 is 14.3 Å². The van der Waals surface area contributed by atoms with Crippen molar-refractivity contribution in [3.63, 3.8) is 0 Å². The van der Waals surface area contributed by atoms with Gasteiger partial charge in [-0.1, -0.05) is 12.1 Å². The smallest absolute Gasteiger partial charge is 0.232 e. The zero-order valence-corrected chi connectivity index (χ0v) is 13.9. The highest BCUT2D eigenvalue weighted by molar-refractivity contribution is 7.99. The summed E-state index contributed by atoms with van der Waals surface area (Å²) in [6, 6.07) is 9.52. The summed E-state index contributed by atoms with van der Waals surface area (Å²) < 4.78 is 10.1. The van der Waals surface area contributed by atoms with Crippen LogP contribution in [-0.4, -0.2) is 57.1 Å². The lowest BCUT2D eigenvalue weighted by atomic mass is 10.2. The number of hydrogen-bond donors (Lipinski definition) is 0. The number of hydrogen-bond acceptors (Lipinski definition) is 5. The predicted octanol–water partition coefficient (Wildman–Crippen LogP) is 1.91. The van der Waals surface area contributed by atoms with Crippen LogP contribution in [0.25, 0.3) is 0 Å². The number of nitrogens with zero attached hydrogens (tertiary/aromatic N) is 2. The number of ether oxygens (including phenoxy) is 2. The summed E-state index contributed by atoms with van der Waals surface area (Å²) >= 11 is 1.57. The van der Waals surface area contributed by atoms with Gasteiger partial charge < -0.3 is 14.4 Å². The number of amides is 1. The molecule has 1 rings (SSSR count). The highest BCUT2D eigenvalue weighted by atomic mass is 32.2. The third-order valence-electron chi connectivity index (χ3n) is 3.06. The number of methoxy groups -OCH3 is 2. The molecule has 0 aromatic heterocycles. The van der Waals surface area contributed by atoms with Gasteiger partial charge in [0.2, 0.25) is 5.91 Å². The Morgan fingerprint density at radius 1 is 1.18 bits per heavy atom. The first-order valence-electron chi connectivity index (χ1n) is 7.03. The molecule has 0 aliphatic carbocycles. The lowest BCUT2D eigenvalue weighted by Crippen LogP contribution is -2.37. The van der Waals surface area contributed by atoms with E-state index in [1.807, 2.05) is 12.1 Å². The van der Waals surface area contributed by atoms with E-state index in [9.17, 15) is 4.79 Å². The third-order valence-corrected chi connectivity index (χ3v) is 4.05. The molecule has 6 heteroatoms. The number of benzene rings is 1. The van der Waals surface area contributed by atoms with Gasteiger partial charge in [0.15, 0.2) is 0 Å². The fourth-order valence-electron chi connectivity index (χ4n) is 1.79. The van der Waals surface area contributed by atoms with Crippen molar-refractivity contribution in [3.8, 4) is 6.07 Å². The molecule has 5 nitrogen and oxygen atoms in total. The molecule has 1 aromatic rings. The van der Waals surface area contributed by atoms with Gasteiger partial charge in [-0.3, -0.25) is 4.79 Å². The Labute approximate surface area is 136 Å². The molecule has 0 N–H and O–H groups in total. The van der Waals surface area contributed by atoms with Crippen molar-refractivity contribution in [2.75, 3.05) is 46.3 Å². The average molecular weight is 322 g/mol. The minimum atomic E-state index is 0.0905. The summed E-state index contributed by atoms with van der Waals surface area (Å²) in [4.78, 5) is 14.0. The van der Waals surface area contributed by atoms with E-state index >= 15 is 0 Å². The zero-order chi connectivity index (χ0) is 16.2. The summed E-state index contributed by atoms with van der Waals surface area (Å²) in [5.74, 6) is 1.26. The van der Waals surface area contributed by atoms with Gasteiger partial charge in [-0.2, -0.15) is 5.26 Å². The molecule has 0 atom stereocenters. The lowest BCUT2D eigenvalue weighted by molar-refractivity contribution is -0.129. The normalized spacial score (nSPS) is 10.2. The monoisotopic (exact) mass is 322 g/mol. The van der Waals surface area contributed by atoms with Crippen LogP contribution < -0.4 is 0 Å². The van der Waals surface area contributed by atoms with Gasteiger partial charge in [0.1, 0.15) is 0 Å². The molecule has 0 radical (unpaired) electrons. The second kappa shape index (κ2) is 11.1. The van der Waals surface area contributed by atoms with Crippen molar-refractivity contribution in [1.82, 2.24) is 4.90 Å². The van der Waals surface area contributed by atoms with E-state index < -0.39 is 0 Å². The molecule has 0 heterocycles. The SMILES string of the molecule is COCCN(CCOC)C(=O)CSCc1ccc(C#N)cc1. The Hall–Kier alpha value is -1.55. The zero-order valence-electron chi connectivity index (χ0n) is 13.1. The molecular weight excluding hydrogens is 300 g/mol. The van der Waals surface area contributed by atoms with Gasteiger partial charge >= 0.3 is 0 Å². The highest BCUT2D eigenvalue weighted by Gasteiger charge is 2.12. The molecule has 0 unspecified atom stereocenters. The molecule has 0 aliphatic heterocycles. The van der Waals surface area contributed by atoms with Crippen molar-refractivity contribution in [2.24, 2.45) is 0 Å². The molecule has 0 spiro atoms. The number of carbonyl (C=O) groups is 1. The summed E-state index contributed by atoms with van der Waals surface area (Å²) in [6.07, 6.45) is 0. The van der Waals surface area contributed by atoms with Gasteiger partial charge in [0.25, 0.3) is 0 Å². The Bertz CT molecular complexity index is 477. The maximum atomic E-state index is 12.2. The summed E-state index contributed by atoms with van der Waals surface area (Å²) in [6.45, 7) is 2.21. The first-order chi connectivity index (χ1) is 10.7. The van der Waals surface area contributed by atoms with E-state index in [1.165, 1.54) is 0 Å². The molecule has 22 heavy (non-hydrogen) atoms. The molecule has 0 saturated carbocycles. The molecule has 0 saturated heterocycles. The first-order valence-corrected chi connectivity index (χ1v) is 8.19. The quantitative estimate of drug-likeness (QED) is 0.658. The maximum Gasteiger partial charge on any atom is 0.232 e. The van der Waals surface area contributed by atoms with Gasteiger partial charge in [-0.15, -0.1) is 11.8 Å². The van der Waals surface area contributed by atoms with Gasteiger partial charge in [-0.05, 0) is 17.7 Å². The first kappa shape index (κ1) is 18.5. The van der Waals surface area contributed by atoms with Crippen molar-refractivity contribution in [1.29, 1.82) is 5.26 Å². The molecule has 0 bridgehead atoms. The lowest BCUT2D eigenvalue weighted by Gasteiger charge is -2.21. The van der Waals surface area contributed by atoms with Crippen LogP contribution in [0, 0.1) is 11.3 Å². The van der Waals surface area contributed by atoms with Crippen LogP contribution in [0.3, 0.4) is 0 Å². The molecule has 1 aromatic carbocycles. The van der Waals surface area contributed by atoms with E-state index in [-0.39, 0.29) is 5.91 Å². The van der Waals surface area contributed by atoms with Crippen LogP contribution in [0.4, 0.5) is 0 Å². The number of rotatable bonds is 10. The number of carbonyl (C=O) groups excluding carboxylic acids is 1. The number of nitriles is 1. The summed E-state index contributed by atoms with van der Waals surface area (Å²) in [5.41, 5.74) is 1.76. The predicted molar refractivity (Wildman–Crippen MR) is 87.7 cm³/mol. The largest absolute Gasteiger partial charge is 0.383 e. The van der Waals surface area contributed by atoms with Gasteiger partial charge in [0.05, 0.1) is 30.6 Å². The van der Waals surface area contributed by atoms with Crippen LogP contribution in [0.15, 0.2) is 24.3 Å². The van der Waals surface area contributed by atoms with Crippen LogP contribution >= 0.6 is 11.8 Å². The van der Waals surface area contributed by atoms with Crippen molar-refractivity contribution >= 4 is 17.7 Å². The van der Waals surface area contributed by atoms with E-state index in [0.29, 0.717) is 37.6 Å². The van der Waals surface area contributed by atoms with Crippen LogP contribution in [-0.2, 0) is 20.0 Å². The minimum absolute atomic E-state index is 0.0905. The standard InChI is InChI=1S/C16H22N2O3S/c1-20-9-7-18(8-10-21-2)16(19)13-22-12-15-5-3-14(11-17)4-6-15/h3-6H,7-10,12-13H2,1-2H3. The molecule has 120 valence electrons. The van der Waals surface area contributed by atoms with Crippen LogP contribution in [0.5, 0.6) is 0 Å². The van der Waals surface area contributed by atoms with Gasteiger partial charge in [-0.25, -0.2) is 0 Å². The summed E-state index contributed by atoms with van der Waals surface area (Å²) in [7, 11) is 3.25. The molecule has 1 amide bonds. The van der Waals surface area contributed by atoms with Crippen molar-refractivity contribution in [2.45, 2.75) is 5.75 Å². The van der Waals surface area contributed by atoms with Crippen LogP contribution in [0.1, 0.15) is 11.1 Å². The second-order valence-corrected chi connectivity index (χ2v) is 5.65. The van der Waals surface area contributed by atoms with Crippen molar-refractivity contribution in [3.05, 3.63) is 35.4 Å². The highest BCUT2D eigenvalue weighted by Crippen LogP contribution is 2.13. The molecular formula is C16H22N2O3S. The minimum Gasteiger partial charge on any atom is -0.383 e. The molecule has 0 fully saturated rings. The fourth-order valence-corrected chi connectivity index (χ4v) is 2.67. The van der Waals surface area contributed by atoms with Gasteiger partial charge in [0, 0.05) is 33.1 Å². The maximum absolute atomic E-state index is 12.2. The number of thioether (sulfide) groups is 1. The van der Waals surface area contributed by atoms with E-state index in [2.05, 4.69) is 6.07 Å². The Balaban J connectivity index is 2.39. The van der Waals surface area contributed by atoms with Crippen LogP contribution in [0.2, 0.25) is 0 Å². The second-order valence-electron chi connectivity index (χ2n) is 4.67. The van der Waals surface area contributed by atoms with E-state index in [4.69, 9.17) is 14.7 Å². The Morgan fingerprint density at radius 2 is 1.77 bits per heavy atom. The fraction of sp³-hybridized carbons (Fsp3) is 0.500. The van der Waals surface area contributed by atoms with E-state index in [1.54, 1.807) is 43.0 Å². The summed E-state index contributed by atoms with van der Waals surface area (Å²) in [5, 5.41) is 8.75. The third kappa shape index (κ3) is 6.94. The Morgan fingerprint density at radius 3 is 2.27 bits per heavy atom. The topological polar surface area (TPSA) is 62.6 Å².